The maximum absolute atomic E-state index is 12.1. The van der Waals surface area contributed by atoms with Crippen LogP contribution < -0.4 is 11.1 Å². The van der Waals surface area contributed by atoms with E-state index in [1.165, 1.54) is 5.56 Å². The highest BCUT2D eigenvalue weighted by Gasteiger charge is 2.21. The molecule has 25 heavy (non-hydrogen) atoms. The van der Waals surface area contributed by atoms with Gasteiger partial charge in [-0.1, -0.05) is 43.2 Å². The van der Waals surface area contributed by atoms with Crippen LogP contribution in [0.25, 0.3) is 0 Å². The van der Waals surface area contributed by atoms with Crippen LogP contribution in [-0.4, -0.2) is 36.5 Å². The summed E-state index contributed by atoms with van der Waals surface area (Å²) < 4.78 is 0. The molecule has 1 atom stereocenters. The van der Waals surface area contributed by atoms with E-state index in [1.807, 2.05) is 0 Å². The first-order valence-corrected chi connectivity index (χ1v) is 9.03. The minimum Gasteiger partial charge on any atom is -0.352 e. The van der Waals surface area contributed by atoms with Crippen molar-refractivity contribution in [2.24, 2.45) is 5.73 Å². The fourth-order valence-corrected chi connectivity index (χ4v) is 3.24. The fourth-order valence-electron chi connectivity index (χ4n) is 3.24. The Balaban J connectivity index is 0.00000288. The summed E-state index contributed by atoms with van der Waals surface area (Å²) in [5, 5.41) is 3.22. The number of nitrogens with two attached hydrogens (primary N) is 1. The quantitative estimate of drug-likeness (QED) is 0.635. The lowest BCUT2D eigenvalue weighted by molar-refractivity contribution is -0.122. The SMILES string of the molecule is Cl.Cl.NCCCCCCC(=O)NC1CCCN(Cc2ccccc2)C1. The van der Waals surface area contributed by atoms with Crippen molar-refractivity contribution >= 4 is 30.7 Å². The number of benzene rings is 1. The predicted molar refractivity (Wildman–Crippen MR) is 110 cm³/mol. The number of unbranched alkanes of at least 4 members (excludes halogenated alkanes) is 3. The van der Waals surface area contributed by atoms with E-state index in [1.54, 1.807) is 0 Å². The molecule has 4 nitrogen and oxygen atoms in total. The smallest absolute Gasteiger partial charge is 0.220 e. The standard InChI is InChI=1S/C19H31N3O.2ClH/c20-13-7-2-1-6-12-19(23)21-18-11-8-14-22(16-18)15-17-9-4-3-5-10-17;;/h3-5,9-10,18H,1-2,6-8,11-16,20H2,(H,21,23);2*1H. The topological polar surface area (TPSA) is 58.4 Å². The van der Waals surface area contributed by atoms with Crippen molar-refractivity contribution in [2.75, 3.05) is 19.6 Å². The summed E-state index contributed by atoms with van der Waals surface area (Å²) >= 11 is 0. The van der Waals surface area contributed by atoms with E-state index >= 15 is 0 Å². The van der Waals surface area contributed by atoms with Crippen LogP contribution in [0.4, 0.5) is 0 Å². The van der Waals surface area contributed by atoms with Crippen molar-refractivity contribution in [2.45, 2.75) is 57.5 Å². The molecule has 0 spiro atoms. The summed E-state index contributed by atoms with van der Waals surface area (Å²) in [4.78, 5) is 14.5. The Morgan fingerprint density at radius 1 is 1.12 bits per heavy atom. The summed E-state index contributed by atoms with van der Waals surface area (Å²) in [6.07, 6.45) is 7.21. The Kier molecular flexibility index (Phi) is 13.9. The number of nitrogens with zero attached hydrogens (tertiary/aromatic N) is 1. The molecule has 1 aliphatic rings. The van der Waals surface area contributed by atoms with Gasteiger partial charge in [-0.3, -0.25) is 9.69 Å². The number of likely N-dealkylation sites (tertiary alicyclic amines) is 1. The normalized spacial score (nSPS) is 17.2. The number of hydrogen-bond acceptors (Lipinski definition) is 3. The van der Waals surface area contributed by atoms with Crippen LogP contribution in [-0.2, 0) is 11.3 Å². The number of rotatable bonds is 9. The number of hydrogen-bond donors (Lipinski definition) is 2. The number of amides is 1. The maximum Gasteiger partial charge on any atom is 0.220 e. The Morgan fingerprint density at radius 2 is 1.84 bits per heavy atom. The molecule has 0 bridgehead atoms. The largest absolute Gasteiger partial charge is 0.352 e. The van der Waals surface area contributed by atoms with E-state index in [9.17, 15) is 4.79 Å². The molecule has 1 fully saturated rings. The highest BCUT2D eigenvalue weighted by Crippen LogP contribution is 2.14. The van der Waals surface area contributed by atoms with Crippen molar-refractivity contribution in [3.05, 3.63) is 35.9 Å². The first kappa shape index (κ1) is 24.2. The van der Waals surface area contributed by atoms with Gasteiger partial charge in [-0.05, 0) is 44.3 Å². The molecular formula is C19H33Cl2N3O. The predicted octanol–water partition coefficient (Wildman–Crippen LogP) is 3.52. The van der Waals surface area contributed by atoms with Gasteiger partial charge in [0.2, 0.25) is 5.91 Å². The summed E-state index contributed by atoms with van der Waals surface area (Å²) in [5.41, 5.74) is 6.83. The molecule has 1 saturated heterocycles. The van der Waals surface area contributed by atoms with Crippen LogP contribution in [0, 0.1) is 0 Å². The van der Waals surface area contributed by atoms with Gasteiger partial charge in [0.05, 0.1) is 0 Å². The second-order valence-corrected chi connectivity index (χ2v) is 6.58. The summed E-state index contributed by atoms with van der Waals surface area (Å²) in [6, 6.07) is 10.9. The van der Waals surface area contributed by atoms with Gasteiger partial charge in [-0.2, -0.15) is 0 Å². The van der Waals surface area contributed by atoms with Gasteiger partial charge in [-0.25, -0.2) is 0 Å². The maximum atomic E-state index is 12.1. The monoisotopic (exact) mass is 389 g/mol. The van der Waals surface area contributed by atoms with E-state index in [4.69, 9.17) is 5.73 Å². The van der Waals surface area contributed by atoms with Crippen molar-refractivity contribution in [3.8, 4) is 0 Å². The molecule has 0 aliphatic carbocycles. The minimum atomic E-state index is 0. The second kappa shape index (κ2) is 14.4. The minimum absolute atomic E-state index is 0. The Hall–Kier alpha value is -0.810. The average Bonchev–Trinajstić information content (AvgIpc) is 2.56. The van der Waals surface area contributed by atoms with E-state index in [0.29, 0.717) is 12.5 Å². The fraction of sp³-hybridized carbons (Fsp3) is 0.632. The molecule has 0 aromatic heterocycles. The average molecular weight is 390 g/mol. The lowest BCUT2D eigenvalue weighted by atomic mass is 10.0. The summed E-state index contributed by atoms with van der Waals surface area (Å²) in [7, 11) is 0. The molecule has 1 unspecified atom stereocenters. The highest BCUT2D eigenvalue weighted by atomic mass is 35.5. The molecule has 144 valence electrons. The van der Waals surface area contributed by atoms with Crippen LogP contribution in [0.2, 0.25) is 0 Å². The Labute approximate surface area is 164 Å². The van der Waals surface area contributed by atoms with Gasteiger partial charge in [0, 0.05) is 25.6 Å². The van der Waals surface area contributed by atoms with Gasteiger partial charge >= 0.3 is 0 Å². The molecule has 3 N–H and O–H groups in total. The molecule has 1 aromatic rings. The third kappa shape index (κ3) is 10.0. The van der Waals surface area contributed by atoms with E-state index in [2.05, 4.69) is 40.5 Å². The number of carbonyl (C=O) groups excluding carboxylic acids is 1. The van der Waals surface area contributed by atoms with Crippen molar-refractivity contribution in [3.63, 3.8) is 0 Å². The summed E-state index contributed by atoms with van der Waals surface area (Å²) in [5.74, 6) is 0.212. The number of piperidine rings is 1. The Morgan fingerprint density at radius 3 is 2.56 bits per heavy atom. The zero-order chi connectivity index (χ0) is 16.3. The van der Waals surface area contributed by atoms with Crippen molar-refractivity contribution in [1.82, 2.24) is 10.2 Å². The van der Waals surface area contributed by atoms with Crippen molar-refractivity contribution in [1.29, 1.82) is 0 Å². The van der Waals surface area contributed by atoms with Crippen LogP contribution in [0.3, 0.4) is 0 Å². The van der Waals surface area contributed by atoms with E-state index < -0.39 is 0 Å². The van der Waals surface area contributed by atoms with Crippen molar-refractivity contribution < 1.29 is 4.79 Å². The second-order valence-electron chi connectivity index (χ2n) is 6.58. The first-order valence-electron chi connectivity index (χ1n) is 9.03. The van der Waals surface area contributed by atoms with E-state index in [0.717, 1.165) is 64.7 Å². The van der Waals surface area contributed by atoms with E-state index in [-0.39, 0.29) is 30.7 Å². The van der Waals surface area contributed by atoms with Crippen LogP contribution in [0.1, 0.15) is 50.5 Å². The van der Waals surface area contributed by atoms with Crippen LogP contribution in [0.15, 0.2) is 30.3 Å². The molecular weight excluding hydrogens is 357 g/mol. The van der Waals surface area contributed by atoms with Gasteiger partial charge in [-0.15, -0.1) is 24.8 Å². The van der Waals surface area contributed by atoms with Gasteiger partial charge < -0.3 is 11.1 Å². The number of carbonyl (C=O) groups is 1. The van der Waals surface area contributed by atoms with Gasteiger partial charge in [0.15, 0.2) is 0 Å². The first-order chi connectivity index (χ1) is 11.3. The highest BCUT2D eigenvalue weighted by molar-refractivity contribution is 5.85. The van der Waals surface area contributed by atoms with Gasteiger partial charge in [0.1, 0.15) is 0 Å². The zero-order valence-corrected chi connectivity index (χ0v) is 16.6. The van der Waals surface area contributed by atoms with Crippen LogP contribution >= 0.6 is 24.8 Å². The third-order valence-electron chi connectivity index (χ3n) is 4.48. The molecule has 0 saturated carbocycles. The third-order valence-corrected chi connectivity index (χ3v) is 4.48. The summed E-state index contributed by atoms with van der Waals surface area (Å²) in [6.45, 7) is 3.83. The van der Waals surface area contributed by atoms with Gasteiger partial charge in [0.25, 0.3) is 0 Å². The lowest BCUT2D eigenvalue weighted by Crippen LogP contribution is -2.47. The number of nitrogens with one attached hydrogen (secondary N) is 1. The molecule has 1 heterocycles. The molecule has 1 aliphatic heterocycles. The van der Waals surface area contributed by atoms with Crippen LogP contribution in [0.5, 0.6) is 0 Å². The molecule has 6 heteroatoms. The molecule has 0 radical (unpaired) electrons. The number of halogens is 2. The zero-order valence-electron chi connectivity index (χ0n) is 15.0. The Bertz CT molecular complexity index is 459. The lowest BCUT2D eigenvalue weighted by Gasteiger charge is -2.33. The molecule has 2 rings (SSSR count). The molecule has 1 amide bonds. The molecule has 1 aromatic carbocycles.